The average Bonchev–Trinajstić information content (AvgIpc) is 2.71. The predicted octanol–water partition coefficient (Wildman–Crippen LogP) is 4.33. The highest BCUT2D eigenvalue weighted by atomic mass is 16.5. The Morgan fingerprint density at radius 3 is 2.43 bits per heavy atom. The van der Waals surface area contributed by atoms with E-state index in [1.807, 2.05) is 49.4 Å². The van der Waals surface area contributed by atoms with Crippen LogP contribution in [0.15, 0.2) is 60.8 Å². The number of carbonyl (C=O) groups excluding carboxylic acids is 1. The Balaban J connectivity index is 1.62. The zero-order valence-corrected chi connectivity index (χ0v) is 16.2. The fourth-order valence-electron chi connectivity index (χ4n) is 2.68. The summed E-state index contributed by atoms with van der Waals surface area (Å²) in [5.41, 5.74) is 3.71. The lowest BCUT2D eigenvalue weighted by Gasteiger charge is -2.12. The van der Waals surface area contributed by atoms with Gasteiger partial charge in [0, 0.05) is 6.07 Å². The monoisotopic (exact) mass is 377 g/mol. The molecule has 3 aromatic rings. The number of hydrogen-bond donors (Lipinski definition) is 2. The molecule has 0 radical (unpaired) electrons. The first-order valence-electron chi connectivity index (χ1n) is 8.88. The molecule has 144 valence electrons. The third-order valence-electron chi connectivity index (χ3n) is 4.20. The smallest absolute Gasteiger partial charge is 0.229 e. The van der Waals surface area contributed by atoms with Crippen LogP contribution in [-0.4, -0.2) is 25.1 Å². The number of nitrogens with zero attached hydrogens (tertiary/aromatic N) is 1. The van der Waals surface area contributed by atoms with Gasteiger partial charge in [0.1, 0.15) is 17.3 Å². The molecule has 0 unspecified atom stereocenters. The van der Waals surface area contributed by atoms with Gasteiger partial charge >= 0.3 is 0 Å². The van der Waals surface area contributed by atoms with Crippen molar-refractivity contribution in [1.29, 1.82) is 0 Å². The van der Waals surface area contributed by atoms with Crippen LogP contribution < -0.4 is 20.1 Å². The van der Waals surface area contributed by atoms with E-state index in [0.717, 1.165) is 16.9 Å². The molecule has 2 aromatic carbocycles. The van der Waals surface area contributed by atoms with Gasteiger partial charge in [-0.25, -0.2) is 4.98 Å². The summed E-state index contributed by atoms with van der Waals surface area (Å²) in [5.74, 6) is 1.78. The van der Waals surface area contributed by atoms with Crippen molar-refractivity contribution in [2.45, 2.75) is 13.3 Å². The largest absolute Gasteiger partial charge is 0.497 e. The first-order chi connectivity index (χ1) is 13.6. The minimum atomic E-state index is -0.103. The van der Waals surface area contributed by atoms with Gasteiger partial charge in [-0.05, 0) is 36.8 Å². The molecule has 0 fully saturated rings. The molecule has 0 atom stereocenters. The van der Waals surface area contributed by atoms with E-state index >= 15 is 0 Å². The second-order valence-electron chi connectivity index (χ2n) is 6.33. The minimum absolute atomic E-state index is 0.103. The van der Waals surface area contributed by atoms with E-state index in [-0.39, 0.29) is 5.91 Å². The number of ether oxygens (including phenoxy) is 2. The van der Waals surface area contributed by atoms with Gasteiger partial charge in [0.15, 0.2) is 0 Å². The molecule has 0 spiro atoms. The maximum Gasteiger partial charge on any atom is 0.229 e. The van der Waals surface area contributed by atoms with E-state index in [2.05, 4.69) is 15.6 Å². The molecule has 0 saturated carbocycles. The fourth-order valence-corrected chi connectivity index (χ4v) is 2.68. The molecule has 0 aliphatic rings. The van der Waals surface area contributed by atoms with Crippen LogP contribution in [0.2, 0.25) is 0 Å². The molecule has 0 aliphatic heterocycles. The maximum absolute atomic E-state index is 12.2. The maximum atomic E-state index is 12.2. The van der Waals surface area contributed by atoms with Gasteiger partial charge in [-0.3, -0.25) is 4.79 Å². The second-order valence-corrected chi connectivity index (χ2v) is 6.33. The van der Waals surface area contributed by atoms with Gasteiger partial charge in [-0.2, -0.15) is 0 Å². The summed E-state index contributed by atoms with van der Waals surface area (Å²) >= 11 is 0. The summed E-state index contributed by atoms with van der Waals surface area (Å²) < 4.78 is 10.6. The molecule has 1 amide bonds. The summed E-state index contributed by atoms with van der Waals surface area (Å²) in [7, 11) is 3.21. The van der Waals surface area contributed by atoms with E-state index in [9.17, 15) is 4.79 Å². The molecule has 0 saturated heterocycles. The lowest BCUT2D eigenvalue weighted by molar-refractivity contribution is -0.115. The van der Waals surface area contributed by atoms with Crippen LogP contribution in [0.4, 0.5) is 17.2 Å². The molecule has 1 heterocycles. The number of rotatable bonds is 7. The van der Waals surface area contributed by atoms with Crippen LogP contribution in [0.1, 0.15) is 11.1 Å². The number of aryl methyl sites for hydroxylation is 1. The second kappa shape index (κ2) is 8.90. The number of carbonyl (C=O) groups is 1. The Morgan fingerprint density at radius 1 is 1.00 bits per heavy atom. The van der Waals surface area contributed by atoms with Gasteiger partial charge in [-0.1, -0.05) is 29.8 Å². The van der Waals surface area contributed by atoms with E-state index in [4.69, 9.17) is 9.47 Å². The van der Waals surface area contributed by atoms with E-state index in [1.54, 1.807) is 32.5 Å². The van der Waals surface area contributed by atoms with Crippen molar-refractivity contribution in [3.63, 3.8) is 0 Å². The number of pyridine rings is 1. The Bertz CT molecular complexity index is 938. The number of nitrogens with one attached hydrogen (secondary N) is 2. The SMILES string of the molecule is COc1ccc(Nc2ccc(NC(=O)Cc3ccc(C)cc3)nc2)c(OC)c1. The summed E-state index contributed by atoms with van der Waals surface area (Å²) in [6.45, 7) is 2.02. The highest BCUT2D eigenvalue weighted by Gasteiger charge is 2.07. The van der Waals surface area contributed by atoms with E-state index in [1.165, 1.54) is 5.56 Å². The number of hydrogen-bond acceptors (Lipinski definition) is 5. The quantitative estimate of drug-likeness (QED) is 0.641. The van der Waals surface area contributed by atoms with Gasteiger partial charge in [0.05, 0.1) is 38.2 Å². The normalized spacial score (nSPS) is 10.2. The van der Waals surface area contributed by atoms with Crippen LogP contribution in [0, 0.1) is 6.92 Å². The lowest BCUT2D eigenvalue weighted by Crippen LogP contribution is -2.15. The molecule has 0 bridgehead atoms. The summed E-state index contributed by atoms with van der Waals surface area (Å²) in [4.78, 5) is 16.5. The number of benzene rings is 2. The van der Waals surface area contributed by atoms with Crippen molar-refractivity contribution < 1.29 is 14.3 Å². The lowest BCUT2D eigenvalue weighted by atomic mass is 10.1. The first kappa shape index (κ1) is 19.2. The van der Waals surface area contributed by atoms with E-state index < -0.39 is 0 Å². The van der Waals surface area contributed by atoms with Crippen LogP contribution in [0.3, 0.4) is 0 Å². The third-order valence-corrected chi connectivity index (χ3v) is 4.20. The van der Waals surface area contributed by atoms with Crippen LogP contribution in [0.25, 0.3) is 0 Å². The minimum Gasteiger partial charge on any atom is -0.497 e. The van der Waals surface area contributed by atoms with Gasteiger partial charge in [0.2, 0.25) is 5.91 Å². The topological polar surface area (TPSA) is 72.5 Å². The van der Waals surface area contributed by atoms with Crippen molar-refractivity contribution in [3.05, 3.63) is 71.9 Å². The fraction of sp³-hybridized carbons (Fsp3) is 0.182. The van der Waals surface area contributed by atoms with Crippen molar-refractivity contribution in [2.24, 2.45) is 0 Å². The van der Waals surface area contributed by atoms with Gasteiger partial charge in [0.25, 0.3) is 0 Å². The van der Waals surface area contributed by atoms with E-state index in [0.29, 0.717) is 23.7 Å². The van der Waals surface area contributed by atoms with Gasteiger partial charge < -0.3 is 20.1 Å². The average molecular weight is 377 g/mol. The Morgan fingerprint density at radius 2 is 1.79 bits per heavy atom. The van der Waals surface area contributed by atoms with Crippen LogP contribution in [-0.2, 0) is 11.2 Å². The molecule has 1 aromatic heterocycles. The van der Waals surface area contributed by atoms with Crippen LogP contribution in [0.5, 0.6) is 11.5 Å². The number of methoxy groups -OCH3 is 2. The van der Waals surface area contributed by atoms with Crippen LogP contribution >= 0.6 is 0 Å². The highest BCUT2D eigenvalue weighted by Crippen LogP contribution is 2.31. The molecular formula is C22H23N3O3. The summed E-state index contributed by atoms with van der Waals surface area (Å²) in [5, 5.41) is 6.06. The van der Waals surface area contributed by atoms with Crippen molar-refractivity contribution in [2.75, 3.05) is 24.9 Å². The Kier molecular flexibility index (Phi) is 6.11. The molecule has 0 aliphatic carbocycles. The number of aromatic nitrogens is 1. The standard InChI is InChI=1S/C22H23N3O3/c1-15-4-6-16(7-5-15)12-22(26)25-21-11-8-17(14-23-21)24-19-10-9-18(27-2)13-20(19)28-3/h4-11,13-14,24H,12H2,1-3H3,(H,23,25,26). The van der Waals surface area contributed by atoms with Gasteiger partial charge in [-0.15, -0.1) is 0 Å². The molecule has 2 N–H and O–H groups in total. The zero-order valence-electron chi connectivity index (χ0n) is 16.2. The van der Waals surface area contributed by atoms with Crippen molar-refractivity contribution in [3.8, 4) is 11.5 Å². The molecular weight excluding hydrogens is 354 g/mol. The third kappa shape index (κ3) is 5.01. The molecule has 3 rings (SSSR count). The molecule has 6 nitrogen and oxygen atoms in total. The van der Waals surface area contributed by atoms with Crippen molar-refractivity contribution >= 4 is 23.1 Å². The summed E-state index contributed by atoms with van der Waals surface area (Å²) in [6.07, 6.45) is 1.97. The number of amides is 1. The molecule has 28 heavy (non-hydrogen) atoms. The number of anilines is 3. The first-order valence-corrected chi connectivity index (χ1v) is 8.88. The Hall–Kier alpha value is -3.54. The zero-order chi connectivity index (χ0) is 19.9. The summed E-state index contributed by atoms with van der Waals surface area (Å²) in [6, 6.07) is 17.0. The van der Waals surface area contributed by atoms with Crippen molar-refractivity contribution in [1.82, 2.24) is 4.98 Å². The molecule has 6 heteroatoms. The highest BCUT2D eigenvalue weighted by molar-refractivity contribution is 5.91. The Labute approximate surface area is 164 Å². The predicted molar refractivity (Wildman–Crippen MR) is 111 cm³/mol.